The highest BCUT2D eigenvalue weighted by Gasteiger charge is 2.15. The molecule has 0 saturated heterocycles. The molecule has 0 aliphatic rings. The number of nitrogens with zero attached hydrogens (tertiary/aromatic N) is 2. The Morgan fingerprint density at radius 2 is 1.81 bits per heavy atom. The highest BCUT2D eigenvalue weighted by atomic mass is 32.2. The van der Waals surface area contributed by atoms with Crippen LogP contribution in [0.1, 0.15) is 15.9 Å². The van der Waals surface area contributed by atoms with Gasteiger partial charge >= 0.3 is 5.97 Å². The van der Waals surface area contributed by atoms with Gasteiger partial charge in [-0.1, -0.05) is 23.9 Å². The molecule has 8 heteroatoms. The molecule has 0 aliphatic heterocycles. The van der Waals surface area contributed by atoms with Gasteiger partial charge in [-0.3, -0.25) is 0 Å². The van der Waals surface area contributed by atoms with Crippen LogP contribution in [0.5, 0.6) is 11.5 Å². The maximum Gasteiger partial charge on any atom is 0.337 e. The van der Waals surface area contributed by atoms with E-state index in [1.54, 1.807) is 38.5 Å². The molecule has 0 radical (unpaired) electrons. The summed E-state index contributed by atoms with van der Waals surface area (Å²) >= 11 is 1.41. The summed E-state index contributed by atoms with van der Waals surface area (Å²) in [7, 11) is 4.52. The van der Waals surface area contributed by atoms with Gasteiger partial charge < -0.3 is 18.6 Å². The number of thioether (sulfide) groups is 1. The maximum absolute atomic E-state index is 11.5. The van der Waals surface area contributed by atoms with Crippen LogP contribution in [0.3, 0.4) is 0 Å². The van der Waals surface area contributed by atoms with Gasteiger partial charge in [-0.25, -0.2) is 4.79 Å². The number of ether oxygens (including phenoxy) is 3. The fourth-order valence-electron chi connectivity index (χ4n) is 2.35. The molecule has 0 unspecified atom stereocenters. The van der Waals surface area contributed by atoms with Crippen molar-refractivity contribution in [2.24, 2.45) is 0 Å². The fraction of sp³-hybridized carbons (Fsp3) is 0.211. The number of carbonyl (C=O) groups excluding carboxylic acids is 1. The SMILES string of the molecule is COC(=O)c1ccc(CSc2nnc(-c3ccc(OC)cc3OC)o2)cc1. The van der Waals surface area contributed by atoms with E-state index in [-0.39, 0.29) is 5.97 Å². The van der Waals surface area contributed by atoms with Crippen LogP contribution in [0.15, 0.2) is 52.1 Å². The average molecular weight is 386 g/mol. The highest BCUT2D eigenvalue weighted by molar-refractivity contribution is 7.98. The number of hydrogen-bond acceptors (Lipinski definition) is 8. The van der Waals surface area contributed by atoms with Crippen molar-refractivity contribution in [3.63, 3.8) is 0 Å². The molecule has 3 aromatic rings. The molecule has 0 amide bonds. The topological polar surface area (TPSA) is 83.7 Å². The molecule has 1 aromatic heterocycles. The third-order valence-corrected chi connectivity index (χ3v) is 4.67. The molecular formula is C19H18N2O5S. The molecule has 0 aliphatic carbocycles. The third-order valence-electron chi connectivity index (χ3n) is 3.78. The molecule has 140 valence electrons. The summed E-state index contributed by atoms with van der Waals surface area (Å²) in [6.07, 6.45) is 0. The van der Waals surface area contributed by atoms with Crippen molar-refractivity contribution in [2.75, 3.05) is 21.3 Å². The average Bonchev–Trinajstić information content (AvgIpc) is 3.20. The second-order valence-corrected chi connectivity index (χ2v) is 6.34. The Morgan fingerprint density at radius 3 is 2.48 bits per heavy atom. The zero-order valence-electron chi connectivity index (χ0n) is 15.1. The third kappa shape index (κ3) is 4.40. The largest absolute Gasteiger partial charge is 0.497 e. The minimum atomic E-state index is -0.357. The lowest BCUT2D eigenvalue weighted by Crippen LogP contribution is -2.00. The van der Waals surface area contributed by atoms with Gasteiger partial charge in [0.25, 0.3) is 11.1 Å². The molecule has 2 aromatic carbocycles. The Hall–Kier alpha value is -3.00. The van der Waals surface area contributed by atoms with Gasteiger partial charge in [-0.15, -0.1) is 10.2 Å². The summed E-state index contributed by atoms with van der Waals surface area (Å²) in [6, 6.07) is 12.6. The Bertz CT molecular complexity index is 924. The quantitative estimate of drug-likeness (QED) is 0.447. The molecule has 0 N–H and O–H groups in total. The maximum atomic E-state index is 11.5. The zero-order chi connectivity index (χ0) is 19.2. The minimum absolute atomic E-state index is 0.357. The standard InChI is InChI=1S/C19H18N2O5S/c1-23-14-8-9-15(16(10-14)24-2)17-20-21-19(26-17)27-11-12-4-6-13(7-5-12)18(22)25-3/h4-10H,11H2,1-3H3. The number of benzene rings is 2. The first-order valence-electron chi connectivity index (χ1n) is 8.00. The molecule has 7 nitrogen and oxygen atoms in total. The highest BCUT2D eigenvalue weighted by Crippen LogP contribution is 2.34. The van der Waals surface area contributed by atoms with Gasteiger partial charge in [-0.05, 0) is 29.8 Å². The molecule has 0 bridgehead atoms. The van der Waals surface area contributed by atoms with E-state index >= 15 is 0 Å². The number of methoxy groups -OCH3 is 3. The van der Waals surface area contributed by atoms with Crippen LogP contribution in [0.4, 0.5) is 0 Å². The molecule has 0 spiro atoms. The Labute approximate surface area is 160 Å². The van der Waals surface area contributed by atoms with Crippen molar-refractivity contribution in [1.29, 1.82) is 0 Å². The van der Waals surface area contributed by atoms with Crippen molar-refractivity contribution in [3.05, 3.63) is 53.6 Å². The zero-order valence-corrected chi connectivity index (χ0v) is 15.9. The van der Waals surface area contributed by atoms with Crippen LogP contribution in [-0.2, 0) is 10.5 Å². The lowest BCUT2D eigenvalue weighted by molar-refractivity contribution is 0.0600. The van der Waals surface area contributed by atoms with Crippen LogP contribution >= 0.6 is 11.8 Å². The van der Waals surface area contributed by atoms with Gasteiger partial charge in [0, 0.05) is 11.8 Å². The van der Waals surface area contributed by atoms with E-state index in [2.05, 4.69) is 14.9 Å². The Kier molecular flexibility index (Phi) is 5.97. The van der Waals surface area contributed by atoms with E-state index in [4.69, 9.17) is 13.9 Å². The van der Waals surface area contributed by atoms with Crippen molar-refractivity contribution in [1.82, 2.24) is 10.2 Å². The predicted octanol–water partition coefficient (Wildman–Crippen LogP) is 3.83. The number of carbonyl (C=O) groups is 1. The molecule has 0 fully saturated rings. The van der Waals surface area contributed by atoms with Crippen molar-refractivity contribution in [2.45, 2.75) is 11.0 Å². The number of esters is 1. The van der Waals surface area contributed by atoms with Crippen LogP contribution in [0.2, 0.25) is 0 Å². The van der Waals surface area contributed by atoms with Crippen LogP contribution in [0, 0.1) is 0 Å². The summed E-state index contributed by atoms with van der Waals surface area (Å²) in [5.74, 6) is 1.92. The number of hydrogen-bond donors (Lipinski definition) is 0. The molecule has 27 heavy (non-hydrogen) atoms. The first-order valence-corrected chi connectivity index (χ1v) is 8.99. The first-order chi connectivity index (χ1) is 13.1. The van der Waals surface area contributed by atoms with Gasteiger partial charge in [0.05, 0.1) is 32.5 Å². The van der Waals surface area contributed by atoms with E-state index in [0.717, 1.165) is 5.56 Å². The van der Waals surface area contributed by atoms with E-state index in [1.165, 1.54) is 18.9 Å². The monoisotopic (exact) mass is 386 g/mol. The van der Waals surface area contributed by atoms with Gasteiger partial charge in [0.2, 0.25) is 0 Å². The van der Waals surface area contributed by atoms with Gasteiger partial charge in [0.1, 0.15) is 11.5 Å². The summed E-state index contributed by atoms with van der Waals surface area (Å²) in [4.78, 5) is 11.5. The van der Waals surface area contributed by atoms with E-state index in [9.17, 15) is 4.79 Å². The van der Waals surface area contributed by atoms with E-state index in [1.807, 2.05) is 18.2 Å². The molecule has 0 atom stereocenters. The fourth-order valence-corrected chi connectivity index (χ4v) is 3.07. The predicted molar refractivity (Wildman–Crippen MR) is 100 cm³/mol. The van der Waals surface area contributed by atoms with Crippen LogP contribution < -0.4 is 9.47 Å². The first kappa shape index (κ1) is 18.8. The Balaban J connectivity index is 1.69. The summed E-state index contributed by atoms with van der Waals surface area (Å²) in [5, 5.41) is 8.61. The smallest absolute Gasteiger partial charge is 0.337 e. The van der Waals surface area contributed by atoms with Gasteiger partial charge in [-0.2, -0.15) is 0 Å². The van der Waals surface area contributed by atoms with Crippen molar-refractivity contribution < 1.29 is 23.4 Å². The van der Waals surface area contributed by atoms with Crippen molar-refractivity contribution in [3.8, 4) is 23.0 Å². The lowest BCUT2D eigenvalue weighted by atomic mass is 10.1. The van der Waals surface area contributed by atoms with E-state index < -0.39 is 0 Å². The summed E-state index contributed by atoms with van der Waals surface area (Å²) < 4.78 is 21.0. The molecular weight excluding hydrogens is 368 g/mol. The van der Waals surface area contributed by atoms with Gasteiger partial charge in [0.15, 0.2) is 0 Å². The number of rotatable bonds is 7. The minimum Gasteiger partial charge on any atom is -0.497 e. The molecule has 3 rings (SSSR count). The normalized spacial score (nSPS) is 10.5. The second-order valence-electron chi connectivity index (χ2n) is 5.42. The van der Waals surface area contributed by atoms with Crippen molar-refractivity contribution >= 4 is 17.7 Å². The number of aromatic nitrogens is 2. The molecule has 1 heterocycles. The van der Waals surface area contributed by atoms with Crippen LogP contribution in [0.25, 0.3) is 11.5 Å². The van der Waals surface area contributed by atoms with E-state index in [0.29, 0.717) is 39.5 Å². The summed E-state index contributed by atoms with van der Waals surface area (Å²) in [6.45, 7) is 0. The van der Waals surface area contributed by atoms with Crippen LogP contribution in [-0.4, -0.2) is 37.5 Å². The Morgan fingerprint density at radius 1 is 1.04 bits per heavy atom. The lowest BCUT2D eigenvalue weighted by Gasteiger charge is -2.07. The molecule has 0 saturated carbocycles. The second kappa shape index (κ2) is 8.59. The summed E-state index contributed by atoms with van der Waals surface area (Å²) in [5.41, 5.74) is 2.23.